The largest absolute Gasteiger partial charge is 0.495 e. The molecule has 0 atom stereocenters. The van der Waals surface area contributed by atoms with Crippen molar-refractivity contribution in [3.05, 3.63) is 87.4 Å². The average Bonchev–Trinajstić information content (AvgIpc) is 3.25. The summed E-state index contributed by atoms with van der Waals surface area (Å²) in [4.78, 5) is 15.0. The van der Waals surface area contributed by atoms with Gasteiger partial charge in [0, 0.05) is 23.2 Å². The van der Waals surface area contributed by atoms with E-state index in [-0.39, 0.29) is 28.9 Å². The Morgan fingerprint density at radius 1 is 1.12 bits per heavy atom. The number of nitrogens with zero attached hydrogens (tertiary/aromatic N) is 2. The first kappa shape index (κ1) is 24.7. The highest BCUT2D eigenvalue weighted by Crippen LogP contribution is 2.32. The van der Waals surface area contributed by atoms with E-state index in [0.29, 0.717) is 18.7 Å². The standard InChI is InChI=1S/C25H24BrClN2O4S/c1-33-24-10-8-21(16-22(24)27)34(31,32)28(13-11-18-5-3-2-4-6-18)17-25(30)29-14-12-19-15-20(26)7-9-23(19)29/h2-10,15-16H,11-14,17H2,1H3. The zero-order valence-electron chi connectivity index (χ0n) is 18.6. The Kier molecular flexibility index (Phi) is 7.62. The topological polar surface area (TPSA) is 66.9 Å². The van der Waals surface area contributed by atoms with Crippen LogP contribution in [-0.4, -0.2) is 45.4 Å². The van der Waals surface area contributed by atoms with Gasteiger partial charge in [0.1, 0.15) is 5.75 Å². The molecule has 0 spiro atoms. The normalized spacial score (nSPS) is 13.2. The second-order valence-electron chi connectivity index (χ2n) is 7.94. The quantitative estimate of drug-likeness (QED) is 0.390. The molecular formula is C25H24BrClN2O4S. The van der Waals surface area contributed by atoms with Gasteiger partial charge in [-0.2, -0.15) is 4.31 Å². The van der Waals surface area contributed by atoms with Crippen LogP contribution in [0, 0.1) is 0 Å². The average molecular weight is 564 g/mol. The molecule has 9 heteroatoms. The van der Waals surface area contributed by atoms with Crippen LogP contribution in [-0.2, 0) is 27.7 Å². The summed E-state index contributed by atoms with van der Waals surface area (Å²) >= 11 is 9.67. The number of halogens is 2. The van der Waals surface area contributed by atoms with Gasteiger partial charge >= 0.3 is 0 Å². The lowest BCUT2D eigenvalue weighted by Crippen LogP contribution is -2.43. The van der Waals surface area contributed by atoms with E-state index in [1.807, 2.05) is 48.5 Å². The molecule has 3 aromatic carbocycles. The number of carbonyl (C=O) groups is 1. The lowest BCUT2D eigenvalue weighted by atomic mass is 10.1. The minimum Gasteiger partial charge on any atom is -0.495 e. The third-order valence-electron chi connectivity index (χ3n) is 5.80. The first-order chi connectivity index (χ1) is 16.3. The fraction of sp³-hybridized carbons (Fsp3) is 0.240. The number of hydrogen-bond donors (Lipinski definition) is 0. The minimum absolute atomic E-state index is 0.0184. The van der Waals surface area contributed by atoms with Gasteiger partial charge in [-0.1, -0.05) is 57.9 Å². The number of hydrogen-bond acceptors (Lipinski definition) is 4. The number of sulfonamides is 1. The Hall–Kier alpha value is -2.39. The summed E-state index contributed by atoms with van der Waals surface area (Å²) < 4.78 is 34.5. The van der Waals surface area contributed by atoms with Gasteiger partial charge in [0.05, 0.1) is 23.6 Å². The summed E-state index contributed by atoms with van der Waals surface area (Å²) in [6.07, 6.45) is 1.20. The Balaban J connectivity index is 1.61. The molecule has 1 aliphatic rings. The SMILES string of the molecule is COc1ccc(S(=O)(=O)N(CCc2ccccc2)CC(=O)N2CCc3cc(Br)ccc32)cc1Cl. The van der Waals surface area contributed by atoms with E-state index in [1.165, 1.54) is 29.6 Å². The van der Waals surface area contributed by atoms with Crippen molar-refractivity contribution in [1.29, 1.82) is 0 Å². The van der Waals surface area contributed by atoms with Crippen LogP contribution in [0.1, 0.15) is 11.1 Å². The van der Waals surface area contributed by atoms with Gasteiger partial charge in [-0.05, 0) is 60.4 Å². The molecule has 4 rings (SSSR count). The molecule has 1 amide bonds. The fourth-order valence-corrected chi connectivity index (χ4v) is 6.15. The second-order valence-corrected chi connectivity index (χ2v) is 11.2. The molecule has 0 aromatic heterocycles. The highest BCUT2D eigenvalue weighted by Gasteiger charge is 2.31. The van der Waals surface area contributed by atoms with Crippen LogP contribution in [0.25, 0.3) is 0 Å². The fourth-order valence-electron chi connectivity index (χ4n) is 4.00. The van der Waals surface area contributed by atoms with E-state index in [2.05, 4.69) is 15.9 Å². The van der Waals surface area contributed by atoms with E-state index >= 15 is 0 Å². The molecule has 0 fully saturated rings. The van der Waals surface area contributed by atoms with Crippen molar-refractivity contribution in [2.24, 2.45) is 0 Å². The van der Waals surface area contributed by atoms with Gasteiger partial charge in [0.25, 0.3) is 0 Å². The van der Waals surface area contributed by atoms with Crippen molar-refractivity contribution in [1.82, 2.24) is 4.31 Å². The van der Waals surface area contributed by atoms with E-state index in [4.69, 9.17) is 16.3 Å². The van der Waals surface area contributed by atoms with Crippen LogP contribution in [0.15, 0.2) is 76.1 Å². The van der Waals surface area contributed by atoms with Crippen molar-refractivity contribution >= 4 is 49.1 Å². The predicted molar refractivity (Wildman–Crippen MR) is 137 cm³/mol. The van der Waals surface area contributed by atoms with Crippen molar-refractivity contribution < 1.29 is 17.9 Å². The number of carbonyl (C=O) groups excluding carboxylic acids is 1. The molecule has 0 radical (unpaired) electrons. The summed E-state index contributed by atoms with van der Waals surface area (Å²) in [7, 11) is -2.52. The van der Waals surface area contributed by atoms with Gasteiger partial charge in [-0.15, -0.1) is 0 Å². The molecule has 0 saturated heterocycles. The van der Waals surface area contributed by atoms with Crippen molar-refractivity contribution in [2.75, 3.05) is 31.6 Å². The van der Waals surface area contributed by atoms with Crippen LogP contribution in [0.5, 0.6) is 5.75 Å². The summed E-state index contributed by atoms with van der Waals surface area (Å²) in [5.74, 6) is 0.115. The number of methoxy groups -OCH3 is 1. The molecule has 3 aromatic rings. The molecular weight excluding hydrogens is 540 g/mol. The minimum atomic E-state index is -3.99. The maximum absolute atomic E-state index is 13.6. The third-order valence-corrected chi connectivity index (χ3v) is 8.43. The van der Waals surface area contributed by atoms with Crippen molar-refractivity contribution in [3.8, 4) is 5.75 Å². The van der Waals surface area contributed by atoms with Gasteiger partial charge < -0.3 is 9.64 Å². The van der Waals surface area contributed by atoms with Gasteiger partial charge in [0.15, 0.2) is 0 Å². The number of anilines is 1. The summed E-state index contributed by atoms with van der Waals surface area (Å²) in [5.41, 5.74) is 2.86. The van der Waals surface area contributed by atoms with E-state index in [9.17, 15) is 13.2 Å². The van der Waals surface area contributed by atoms with Gasteiger partial charge in [-0.3, -0.25) is 4.79 Å². The van der Waals surface area contributed by atoms with Crippen LogP contribution in [0.4, 0.5) is 5.69 Å². The first-order valence-electron chi connectivity index (χ1n) is 10.8. The van der Waals surface area contributed by atoms with Crippen LogP contribution < -0.4 is 9.64 Å². The van der Waals surface area contributed by atoms with Gasteiger partial charge in [0.2, 0.25) is 15.9 Å². The molecule has 6 nitrogen and oxygen atoms in total. The maximum Gasteiger partial charge on any atom is 0.243 e. The van der Waals surface area contributed by atoms with Crippen LogP contribution >= 0.6 is 27.5 Å². The molecule has 0 bridgehead atoms. The molecule has 1 aliphatic heterocycles. The van der Waals surface area contributed by atoms with E-state index in [1.54, 1.807) is 4.90 Å². The summed E-state index contributed by atoms with van der Waals surface area (Å²) in [5, 5.41) is 0.192. The van der Waals surface area contributed by atoms with Gasteiger partial charge in [-0.25, -0.2) is 8.42 Å². The molecule has 1 heterocycles. The Morgan fingerprint density at radius 3 is 2.59 bits per heavy atom. The second kappa shape index (κ2) is 10.5. The van der Waals surface area contributed by atoms with Crippen molar-refractivity contribution in [2.45, 2.75) is 17.7 Å². The highest BCUT2D eigenvalue weighted by atomic mass is 79.9. The zero-order valence-corrected chi connectivity index (χ0v) is 21.7. The molecule has 0 aliphatic carbocycles. The summed E-state index contributed by atoms with van der Waals surface area (Å²) in [6.45, 7) is 0.405. The number of amides is 1. The molecule has 0 saturated carbocycles. The Morgan fingerprint density at radius 2 is 1.88 bits per heavy atom. The number of rotatable bonds is 8. The molecule has 0 unspecified atom stereocenters. The lowest BCUT2D eigenvalue weighted by Gasteiger charge is -2.25. The maximum atomic E-state index is 13.6. The molecule has 178 valence electrons. The Bertz CT molecular complexity index is 1300. The third kappa shape index (κ3) is 5.30. The molecule has 0 N–H and O–H groups in total. The summed E-state index contributed by atoms with van der Waals surface area (Å²) in [6, 6.07) is 19.7. The highest BCUT2D eigenvalue weighted by molar-refractivity contribution is 9.10. The number of fused-ring (bicyclic) bond motifs is 1. The first-order valence-corrected chi connectivity index (χ1v) is 13.4. The lowest BCUT2D eigenvalue weighted by molar-refractivity contribution is -0.118. The van der Waals surface area contributed by atoms with E-state index in [0.717, 1.165) is 27.7 Å². The monoisotopic (exact) mass is 562 g/mol. The van der Waals surface area contributed by atoms with Crippen molar-refractivity contribution in [3.63, 3.8) is 0 Å². The van der Waals surface area contributed by atoms with Crippen LogP contribution in [0.3, 0.4) is 0 Å². The van der Waals surface area contributed by atoms with Crippen LogP contribution in [0.2, 0.25) is 5.02 Å². The Labute approximate surface area is 213 Å². The zero-order chi connectivity index (χ0) is 24.3. The smallest absolute Gasteiger partial charge is 0.243 e. The van der Waals surface area contributed by atoms with E-state index < -0.39 is 10.0 Å². The molecule has 34 heavy (non-hydrogen) atoms. The number of ether oxygens (including phenoxy) is 1. The predicted octanol–water partition coefficient (Wildman–Crippen LogP) is 4.93. The number of benzene rings is 3.